The van der Waals surface area contributed by atoms with E-state index in [2.05, 4.69) is 6.58 Å². The molecule has 0 aliphatic carbocycles. The lowest BCUT2D eigenvalue weighted by molar-refractivity contribution is 0.436. The molecule has 1 nitrogen and oxygen atoms in total. The minimum Gasteiger partial charge on any atom is -0.457 e. The number of allylic oxidation sites excluding steroid dienone is 1. The van der Waals surface area contributed by atoms with E-state index in [4.69, 9.17) is 4.74 Å². The number of fused-ring (bicyclic) bond motifs is 1. The first kappa shape index (κ1) is 7.10. The minimum absolute atomic E-state index is 0.290. The number of ether oxygens (including phenoxy) is 1. The van der Waals surface area contributed by atoms with E-state index in [0.717, 1.165) is 0 Å². The third-order valence-corrected chi connectivity index (χ3v) is 1.67. The van der Waals surface area contributed by atoms with Gasteiger partial charge in [0.05, 0.1) is 5.56 Å². The van der Waals surface area contributed by atoms with Crippen molar-refractivity contribution < 1.29 is 9.13 Å². The number of hydrogen-bond donors (Lipinski definition) is 0. The molecular weight excluding hydrogens is 155 g/mol. The molecule has 2 heteroatoms. The van der Waals surface area contributed by atoms with Crippen molar-refractivity contribution in [3.63, 3.8) is 0 Å². The highest BCUT2D eigenvalue weighted by Crippen LogP contribution is 2.32. The van der Waals surface area contributed by atoms with Gasteiger partial charge in [-0.1, -0.05) is 18.7 Å². The predicted octanol–water partition coefficient (Wildman–Crippen LogP) is 2.90. The number of halogens is 1. The summed E-state index contributed by atoms with van der Waals surface area (Å²) >= 11 is 0. The lowest BCUT2D eigenvalue weighted by atomic mass is 10.1. The molecule has 0 saturated heterocycles. The summed E-state index contributed by atoms with van der Waals surface area (Å²) < 4.78 is 18.3. The van der Waals surface area contributed by atoms with E-state index >= 15 is 0 Å². The molecule has 0 N–H and O–H groups in total. The van der Waals surface area contributed by atoms with Crippen LogP contribution in [0.25, 0.3) is 5.83 Å². The Bertz CT molecular complexity index is 366. The minimum atomic E-state index is -0.290. The van der Waals surface area contributed by atoms with Gasteiger partial charge in [0.2, 0.25) is 0 Å². The van der Waals surface area contributed by atoms with Gasteiger partial charge in [-0.25, -0.2) is 4.39 Å². The lowest BCUT2D eigenvalue weighted by Crippen LogP contribution is -1.99. The number of benzene rings is 1. The summed E-state index contributed by atoms with van der Waals surface area (Å²) in [5.74, 6) is 0.579. The van der Waals surface area contributed by atoms with Gasteiger partial charge in [-0.2, -0.15) is 0 Å². The Morgan fingerprint density at radius 2 is 2.00 bits per heavy atom. The Morgan fingerprint density at radius 3 is 2.83 bits per heavy atom. The highest BCUT2D eigenvalue weighted by molar-refractivity contribution is 5.69. The number of para-hydroxylation sites is 1. The first-order valence-electron chi connectivity index (χ1n) is 3.61. The van der Waals surface area contributed by atoms with Gasteiger partial charge < -0.3 is 4.74 Å². The van der Waals surface area contributed by atoms with Crippen LogP contribution in [0.1, 0.15) is 5.56 Å². The average molecular weight is 162 g/mol. The van der Waals surface area contributed by atoms with Crippen LogP contribution in [0.2, 0.25) is 0 Å². The van der Waals surface area contributed by atoms with Crippen molar-refractivity contribution in [3.8, 4) is 5.75 Å². The zero-order valence-corrected chi connectivity index (χ0v) is 6.38. The number of hydrogen-bond acceptors (Lipinski definition) is 1. The van der Waals surface area contributed by atoms with Crippen molar-refractivity contribution >= 4 is 5.83 Å². The van der Waals surface area contributed by atoms with Gasteiger partial charge >= 0.3 is 0 Å². The van der Waals surface area contributed by atoms with E-state index < -0.39 is 0 Å². The van der Waals surface area contributed by atoms with Gasteiger partial charge in [0.1, 0.15) is 17.3 Å². The maximum atomic E-state index is 13.1. The summed E-state index contributed by atoms with van der Waals surface area (Å²) in [5, 5.41) is 0. The maximum absolute atomic E-state index is 13.1. The second-order valence-corrected chi connectivity index (χ2v) is 2.56. The fraction of sp³-hybridized carbons (Fsp3) is 0. The van der Waals surface area contributed by atoms with E-state index in [0.29, 0.717) is 17.1 Å². The number of rotatable bonds is 0. The molecular formula is C10H7FO. The molecule has 0 aromatic heterocycles. The molecule has 0 radical (unpaired) electrons. The topological polar surface area (TPSA) is 9.23 Å². The maximum Gasteiger partial charge on any atom is 0.137 e. The van der Waals surface area contributed by atoms with Crippen LogP contribution in [0.5, 0.6) is 5.75 Å². The van der Waals surface area contributed by atoms with Crippen molar-refractivity contribution in [3.05, 3.63) is 48.2 Å². The fourth-order valence-electron chi connectivity index (χ4n) is 1.14. The zero-order chi connectivity index (χ0) is 8.55. The Kier molecular flexibility index (Phi) is 1.47. The quantitative estimate of drug-likeness (QED) is 0.570. The zero-order valence-electron chi connectivity index (χ0n) is 6.38. The van der Waals surface area contributed by atoms with Gasteiger partial charge in [0.25, 0.3) is 0 Å². The predicted molar refractivity (Wildman–Crippen MR) is 45.3 cm³/mol. The second kappa shape index (κ2) is 2.48. The molecule has 1 heterocycles. The molecule has 0 spiro atoms. The molecule has 0 unspecified atom stereocenters. The van der Waals surface area contributed by atoms with Gasteiger partial charge in [-0.15, -0.1) is 0 Å². The van der Waals surface area contributed by atoms with Crippen LogP contribution in [-0.4, -0.2) is 0 Å². The van der Waals surface area contributed by atoms with E-state index in [1.54, 1.807) is 24.3 Å². The summed E-state index contributed by atoms with van der Waals surface area (Å²) in [4.78, 5) is 0. The van der Waals surface area contributed by atoms with Crippen molar-refractivity contribution in [1.82, 2.24) is 0 Å². The summed E-state index contributed by atoms with van der Waals surface area (Å²) in [6, 6.07) is 6.95. The largest absolute Gasteiger partial charge is 0.457 e. The van der Waals surface area contributed by atoms with E-state index in [9.17, 15) is 4.39 Å². The van der Waals surface area contributed by atoms with E-state index in [-0.39, 0.29) is 5.83 Å². The van der Waals surface area contributed by atoms with Crippen molar-refractivity contribution in [2.75, 3.05) is 0 Å². The average Bonchev–Trinajstić information content (AvgIpc) is 2.04. The molecule has 1 aromatic rings. The Labute approximate surface area is 69.8 Å². The van der Waals surface area contributed by atoms with Crippen LogP contribution < -0.4 is 4.74 Å². The van der Waals surface area contributed by atoms with Crippen LogP contribution in [0.3, 0.4) is 0 Å². The Balaban J connectivity index is 2.60. The molecule has 0 bridgehead atoms. The monoisotopic (exact) mass is 162 g/mol. The Morgan fingerprint density at radius 1 is 1.25 bits per heavy atom. The summed E-state index contributed by atoms with van der Waals surface area (Å²) in [6.07, 6.45) is 1.28. The normalized spacial score (nSPS) is 14.8. The van der Waals surface area contributed by atoms with Crippen LogP contribution in [-0.2, 0) is 0 Å². The summed E-state index contributed by atoms with van der Waals surface area (Å²) in [5.41, 5.74) is 0.491. The molecule has 0 amide bonds. The summed E-state index contributed by atoms with van der Waals surface area (Å²) in [7, 11) is 0. The molecule has 60 valence electrons. The van der Waals surface area contributed by atoms with Gasteiger partial charge in [0, 0.05) is 6.08 Å². The third kappa shape index (κ3) is 1.01. The molecule has 12 heavy (non-hydrogen) atoms. The summed E-state index contributed by atoms with van der Waals surface area (Å²) in [6.45, 7) is 3.52. The van der Waals surface area contributed by atoms with Crippen molar-refractivity contribution in [2.45, 2.75) is 0 Å². The first-order valence-corrected chi connectivity index (χ1v) is 3.61. The van der Waals surface area contributed by atoms with Crippen LogP contribution in [0.15, 0.2) is 42.7 Å². The molecule has 1 aromatic carbocycles. The smallest absolute Gasteiger partial charge is 0.137 e. The second-order valence-electron chi connectivity index (χ2n) is 2.56. The van der Waals surface area contributed by atoms with Gasteiger partial charge in [-0.3, -0.25) is 0 Å². The van der Waals surface area contributed by atoms with E-state index in [1.165, 1.54) is 6.08 Å². The van der Waals surface area contributed by atoms with Crippen molar-refractivity contribution in [1.29, 1.82) is 0 Å². The molecule has 0 atom stereocenters. The first-order chi connectivity index (χ1) is 5.77. The van der Waals surface area contributed by atoms with Crippen LogP contribution in [0, 0.1) is 0 Å². The highest BCUT2D eigenvalue weighted by atomic mass is 19.1. The molecule has 1 aliphatic rings. The molecule has 1 aliphatic heterocycles. The SMILES string of the molecule is C=C1C=C(F)c2ccccc2O1. The molecule has 2 rings (SSSR count). The highest BCUT2D eigenvalue weighted by Gasteiger charge is 2.14. The molecule has 0 saturated carbocycles. The Hall–Kier alpha value is -1.57. The fourth-order valence-corrected chi connectivity index (χ4v) is 1.14. The van der Waals surface area contributed by atoms with Gasteiger partial charge in [0.15, 0.2) is 0 Å². The third-order valence-electron chi connectivity index (χ3n) is 1.67. The van der Waals surface area contributed by atoms with Gasteiger partial charge in [-0.05, 0) is 12.1 Å². The lowest BCUT2D eigenvalue weighted by Gasteiger charge is -2.14. The van der Waals surface area contributed by atoms with E-state index in [1.807, 2.05) is 0 Å². The standard InChI is InChI=1S/C10H7FO/c1-7-6-9(11)8-4-2-3-5-10(8)12-7/h2-6H,1H2. The van der Waals surface area contributed by atoms with Crippen LogP contribution in [0.4, 0.5) is 4.39 Å². The molecule has 0 fully saturated rings. The van der Waals surface area contributed by atoms with Crippen LogP contribution >= 0.6 is 0 Å². The van der Waals surface area contributed by atoms with Crippen molar-refractivity contribution in [2.24, 2.45) is 0 Å².